The Kier molecular flexibility index (Phi) is 4.48. The van der Waals surface area contributed by atoms with Gasteiger partial charge in [-0.3, -0.25) is 4.79 Å². The van der Waals surface area contributed by atoms with E-state index in [1.165, 1.54) is 11.1 Å². The van der Waals surface area contributed by atoms with E-state index in [4.69, 9.17) is 0 Å². The normalized spacial score (nSPS) is 18.5. The lowest BCUT2D eigenvalue weighted by Crippen LogP contribution is -2.45. The second-order valence-electron chi connectivity index (χ2n) is 6.37. The van der Waals surface area contributed by atoms with Gasteiger partial charge in [0, 0.05) is 19.0 Å². The van der Waals surface area contributed by atoms with Crippen LogP contribution in [-0.2, 0) is 17.6 Å². The first-order valence-electron chi connectivity index (χ1n) is 7.48. The van der Waals surface area contributed by atoms with Crippen LogP contribution in [0.2, 0.25) is 0 Å². The molecule has 0 saturated carbocycles. The number of hydrogen-bond acceptors (Lipinski definition) is 2. The first-order valence-corrected chi connectivity index (χ1v) is 7.48. The van der Waals surface area contributed by atoms with E-state index in [9.17, 15) is 9.90 Å². The molecule has 0 aliphatic heterocycles. The molecule has 20 heavy (non-hydrogen) atoms. The van der Waals surface area contributed by atoms with Crippen molar-refractivity contribution in [3.8, 4) is 0 Å². The van der Waals surface area contributed by atoms with Gasteiger partial charge in [0.2, 0.25) is 5.91 Å². The summed E-state index contributed by atoms with van der Waals surface area (Å²) < 4.78 is 0. The van der Waals surface area contributed by atoms with Gasteiger partial charge in [0.25, 0.3) is 0 Å². The number of amides is 1. The van der Waals surface area contributed by atoms with E-state index < -0.39 is 5.60 Å². The number of nitrogens with zero attached hydrogens (tertiary/aromatic N) is 1. The monoisotopic (exact) mass is 275 g/mol. The highest BCUT2D eigenvalue weighted by atomic mass is 16.3. The summed E-state index contributed by atoms with van der Waals surface area (Å²) in [7, 11) is 0. The first-order chi connectivity index (χ1) is 9.40. The van der Waals surface area contributed by atoms with Gasteiger partial charge in [-0.05, 0) is 51.2 Å². The predicted molar refractivity (Wildman–Crippen MR) is 80.5 cm³/mol. The van der Waals surface area contributed by atoms with E-state index in [-0.39, 0.29) is 11.8 Å². The highest BCUT2D eigenvalue weighted by molar-refractivity contribution is 5.79. The fourth-order valence-electron chi connectivity index (χ4n) is 2.98. The van der Waals surface area contributed by atoms with Crippen molar-refractivity contribution >= 4 is 5.91 Å². The average molecular weight is 275 g/mol. The van der Waals surface area contributed by atoms with Gasteiger partial charge in [-0.15, -0.1) is 0 Å². The summed E-state index contributed by atoms with van der Waals surface area (Å²) in [6.07, 6.45) is 2.72. The number of aryl methyl sites for hydroxylation is 1. The number of likely N-dealkylation sites (N-methyl/N-ethyl adjacent to an activating group) is 1. The van der Waals surface area contributed by atoms with E-state index in [0.29, 0.717) is 13.1 Å². The van der Waals surface area contributed by atoms with E-state index in [2.05, 4.69) is 18.2 Å². The van der Waals surface area contributed by atoms with Crippen molar-refractivity contribution in [2.75, 3.05) is 13.1 Å². The highest BCUT2D eigenvalue weighted by Crippen LogP contribution is 2.27. The first kappa shape index (κ1) is 15.0. The molecular formula is C17H25NO2. The van der Waals surface area contributed by atoms with Gasteiger partial charge in [0.15, 0.2) is 0 Å². The van der Waals surface area contributed by atoms with Crippen molar-refractivity contribution in [3.63, 3.8) is 0 Å². The van der Waals surface area contributed by atoms with Crippen LogP contribution in [0.25, 0.3) is 0 Å². The van der Waals surface area contributed by atoms with Gasteiger partial charge < -0.3 is 10.0 Å². The van der Waals surface area contributed by atoms with Gasteiger partial charge in [0.05, 0.1) is 5.60 Å². The fourth-order valence-corrected chi connectivity index (χ4v) is 2.98. The van der Waals surface area contributed by atoms with Crippen molar-refractivity contribution in [1.29, 1.82) is 0 Å². The number of carbonyl (C=O) groups excluding carboxylic acids is 1. The number of rotatable bonds is 4. The minimum absolute atomic E-state index is 0.0622. The second-order valence-corrected chi connectivity index (χ2v) is 6.37. The van der Waals surface area contributed by atoms with Crippen LogP contribution in [0.15, 0.2) is 24.3 Å². The molecule has 1 aromatic rings. The topological polar surface area (TPSA) is 40.5 Å². The molecule has 0 radical (unpaired) electrons. The van der Waals surface area contributed by atoms with Crippen LogP contribution in [0.4, 0.5) is 0 Å². The van der Waals surface area contributed by atoms with Crippen LogP contribution in [0.5, 0.6) is 0 Å². The molecule has 3 nitrogen and oxygen atoms in total. The fraction of sp³-hybridized carbons (Fsp3) is 0.588. The zero-order chi connectivity index (χ0) is 14.8. The lowest BCUT2D eigenvalue weighted by Gasteiger charge is -2.33. The molecule has 2 rings (SSSR count). The lowest BCUT2D eigenvalue weighted by atomic mass is 9.83. The van der Waals surface area contributed by atoms with Crippen molar-refractivity contribution in [3.05, 3.63) is 35.4 Å². The molecule has 0 bridgehead atoms. The maximum absolute atomic E-state index is 12.6. The summed E-state index contributed by atoms with van der Waals surface area (Å²) in [5.41, 5.74) is 1.84. The van der Waals surface area contributed by atoms with Gasteiger partial charge >= 0.3 is 0 Å². The predicted octanol–water partition coefficient (Wildman–Crippen LogP) is 2.41. The molecule has 1 unspecified atom stereocenters. The smallest absolute Gasteiger partial charge is 0.226 e. The van der Waals surface area contributed by atoms with E-state index in [0.717, 1.165) is 19.3 Å². The quantitative estimate of drug-likeness (QED) is 0.916. The average Bonchev–Trinajstić information content (AvgIpc) is 2.42. The molecule has 0 fully saturated rings. The summed E-state index contributed by atoms with van der Waals surface area (Å²) in [5.74, 6) is 0.247. The maximum atomic E-state index is 12.6. The third-order valence-electron chi connectivity index (χ3n) is 3.97. The molecule has 1 atom stereocenters. The third-order valence-corrected chi connectivity index (χ3v) is 3.97. The number of hydrogen-bond donors (Lipinski definition) is 1. The number of benzene rings is 1. The Hall–Kier alpha value is -1.35. The minimum atomic E-state index is -0.835. The Morgan fingerprint density at radius 3 is 2.60 bits per heavy atom. The molecule has 3 heteroatoms. The highest BCUT2D eigenvalue weighted by Gasteiger charge is 2.29. The summed E-state index contributed by atoms with van der Waals surface area (Å²) in [6, 6.07) is 8.39. The summed E-state index contributed by atoms with van der Waals surface area (Å²) in [5, 5.41) is 9.93. The largest absolute Gasteiger partial charge is 0.389 e. The third kappa shape index (κ3) is 3.60. The van der Waals surface area contributed by atoms with Crippen LogP contribution in [0, 0.1) is 5.92 Å². The molecule has 1 amide bonds. The Morgan fingerprint density at radius 1 is 1.35 bits per heavy atom. The molecule has 0 saturated heterocycles. The Labute approximate surface area is 121 Å². The second kappa shape index (κ2) is 5.96. The van der Waals surface area contributed by atoms with Gasteiger partial charge in [-0.2, -0.15) is 0 Å². The molecule has 1 aromatic carbocycles. The summed E-state index contributed by atoms with van der Waals surface area (Å²) in [6.45, 7) is 6.53. The SMILES string of the molecule is CCN(CC(C)(C)O)C(=O)C1CCc2ccccc2C1. The molecule has 0 spiro atoms. The zero-order valence-corrected chi connectivity index (χ0v) is 12.7. The minimum Gasteiger partial charge on any atom is -0.389 e. The maximum Gasteiger partial charge on any atom is 0.226 e. The molecule has 1 aliphatic carbocycles. The van der Waals surface area contributed by atoms with Crippen LogP contribution in [-0.4, -0.2) is 34.6 Å². The molecule has 0 heterocycles. The van der Waals surface area contributed by atoms with E-state index in [1.54, 1.807) is 18.7 Å². The summed E-state index contributed by atoms with van der Waals surface area (Å²) in [4.78, 5) is 14.4. The van der Waals surface area contributed by atoms with Gasteiger partial charge in [-0.25, -0.2) is 0 Å². The van der Waals surface area contributed by atoms with Crippen LogP contribution in [0.1, 0.15) is 38.3 Å². The standard InChI is InChI=1S/C17H25NO2/c1-4-18(12-17(2,3)20)16(19)15-10-9-13-7-5-6-8-14(13)11-15/h5-8,15,20H,4,9-12H2,1-3H3. The summed E-state index contributed by atoms with van der Waals surface area (Å²) >= 11 is 0. The van der Waals surface area contributed by atoms with Crippen molar-refractivity contribution < 1.29 is 9.90 Å². The molecule has 1 aliphatic rings. The van der Waals surface area contributed by atoms with E-state index >= 15 is 0 Å². The lowest BCUT2D eigenvalue weighted by molar-refractivity contribution is -0.138. The van der Waals surface area contributed by atoms with Gasteiger partial charge in [0.1, 0.15) is 0 Å². The van der Waals surface area contributed by atoms with Crippen molar-refractivity contribution in [2.24, 2.45) is 5.92 Å². The van der Waals surface area contributed by atoms with Crippen LogP contribution >= 0.6 is 0 Å². The van der Waals surface area contributed by atoms with Gasteiger partial charge in [-0.1, -0.05) is 24.3 Å². The number of aliphatic hydroxyl groups is 1. The molecule has 110 valence electrons. The van der Waals surface area contributed by atoms with Crippen LogP contribution in [0.3, 0.4) is 0 Å². The van der Waals surface area contributed by atoms with Crippen LogP contribution < -0.4 is 0 Å². The zero-order valence-electron chi connectivity index (χ0n) is 12.7. The molecule has 1 N–H and O–H groups in total. The molecule has 0 aromatic heterocycles. The Morgan fingerprint density at radius 2 is 2.00 bits per heavy atom. The Bertz CT molecular complexity index is 476. The Balaban J connectivity index is 2.07. The molecular weight excluding hydrogens is 250 g/mol. The van der Waals surface area contributed by atoms with Crippen molar-refractivity contribution in [2.45, 2.75) is 45.6 Å². The van der Waals surface area contributed by atoms with Crippen molar-refractivity contribution in [1.82, 2.24) is 4.90 Å². The van der Waals surface area contributed by atoms with E-state index in [1.807, 2.05) is 13.0 Å². The number of fused-ring (bicyclic) bond motifs is 1. The number of carbonyl (C=O) groups is 1.